The highest BCUT2D eigenvalue weighted by Gasteiger charge is 2.29. The molecule has 4 nitrogen and oxygen atoms in total. The molecule has 0 spiro atoms. The molecule has 1 atom stereocenters. The van der Waals surface area contributed by atoms with E-state index in [2.05, 4.69) is 0 Å². The molecule has 0 aliphatic carbocycles. The summed E-state index contributed by atoms with van der Waals surface area (Å²) in [5.74, 6) is 1.08. The molecule has 1 aliphatic heterocycles. The fourth-order valence-electron chi connectivity index (χ4n) is 2.29. The van der Waals surface area contributed by atoms with E-state index in [9.17, 15) is 4.79 Å². The lowest BCUT2D eigenvalue weighted by Crippen LogP contribution is -2.41. The molecule has 0 bridgehead atoms. The zero-order chi connectivity index (χ0) is 12.4. The Kier molecular flexibility index (Phi) is 3.33. The van der Waals surface area contributed by atoms with Crippen molar-refractivity contribution >= 4 is 5.91 Å². The summed E-state index contributed by atoms with van der Waals surface area (Å²) in [6, 6.07) is 5.59. The summed E-state index contributed by atoms with van der Waals surface area (Å²) < 4.78 is 5.20. The van der Waals surface area contributed by atoms with Gasteiger partial charge in [-0.05, 0) is 30.7 Å². The van der Waals surface area contributed by atoms with Crippen molar-refractivity contribution in [2.45, 2.75) is 12.8 Å². The molecule has 4 heteroatoms. The van der Waals surface area contributed by atoms with Gasteiger partial charge in [0.05, 0.1) is 7.11 Å². The summed E-state index contributed by atoms with van der Waals surface area (Å²) in [5.41, 5.74) is 7.57. The Labute approximate surface area is 101 Å². The van der Waals surface area contributed by atoms with Crippen molar-refractivity contribution in [1.29, 1.82) is 0 Å². The second-order valence-electron chi connectivity index (χ2n) is 4.23. The first-order chi connectivity index (χ1) is 8.21. The van der Waals surface area contributed by atoms with E-state index in [0.717, 1.165) is 23.4 Å². The third-order valence-electron chi connectivity index (χ3n) is 3.32. The molecule has 1 amide bonds. The zero-order valence-electron chi connectivity index (χ0n) is 10.3. The Morgan fingerprint density at radius 2 is 2.29 bits per heavy atom. The molecule has 0 saturated carbocycles. The first kappa shape index (κ1) is 11.9. The largest absolute Gasteiger partial charge is 0.497 e. The number of ether oxygens (including phenoxy) is 1. The minimum absolute atomic E-state index is 0.0925. The van der Waals surface area contributed by atoms with Gasteiger partial charge >= 0.3 is 0 Å². The molecular weight excluding hydrogens is 216 g/mol. The summed E-state index contributed by atoms with van der Waals surface area (Å²) in [5, 5.41) is 0. The fraction of sp³-hybridized carbons (Fsp3) is 0.462. The van der Waals surface area contributed by atoms with Crippen LogP contribution < -0.4 is 10.5 Å². The maximum absolute atomic E-state index is 12.2. The predicted molar refractivity (Wildman–Crippen MR) is 66.4 cm³/mol. The highest BCUT2D eigenvalue weighted by molar-refractivity contribution is 5.97. The first-order valence-corrected chi connectivity index (χ1v) is 5.88. The van der Waals surface area contributed by atoms with Crippen LogP contribution in [0.3, 0.4) is 0 Å². The lowest BCUT2D eigenvalue weighted by atomic mass is 9.89. The number of amides is 1. The van der Waals surface area contributed by atoms with Crippen LogP contribution in [0.1, 0.15) is 28.8 Å². The predicted octanol–water partition coefficient (Wildman–Crippen LogP) is 1.21. The normalized spacial score (nSPS) is 19.1. The molecule has 1 aromatic rings. The van der Waals surface area contributed by atoms with Gasteiger partial charge in [-0.2, -0.15) is 0 Å². The third-order valence-corrected chi connectivity index (χ3v) is 3.32. The molecule has 17 heavy (non-hydrogen) atoms. The maximum Gasteiger partial charge on any atom is 0.254 e. The molecule has 1 unspecified atom stereocenters. The van der Waals surface area contributed by atoms with Crippen LogP contribution in [0, 0.1) is 0 Å². The van der Waals surface area contributed by atoms with Crippen molar-refractivity contribution in [3.63, 3.8) is 0 Å². The highest BCUT2D eigenvalue weighted by atomic mass is 16.5. The summed E-state index contributed by atoms with van der Waals surface area (Å²) >= 11 is 0. The lowest BCUT2D eigenvalue weighted by molar-refractivity contribution is 0.0732. The summed E-state index contributed by atoms with van der Waals surface area (Å²) in [6.07, 6.45) is 0. The maximum atomic E-state index is 12.2. The van der Waals surface area contributed by atoms with Crippen LogP contribution in [-0.4, -0.2) is 37.6 Å². The van der Waals surface area contributed by atoms with Crippen LogP contribution in [0.15, 0.2) is 18.2 Å². The summed E-state index contributed by atoms with van der Waals surface area (Å²) in [6.45, 7) is 3.96. The smallest absolute Gasteiger partial charge is 0.254 e. The van der Waals surface area contributed by atoms with Crippen LogP contribution in [0.5, 0.6) is 5.75 Å². The molecular formula is C13H18N2O2. The number of hydrogen-bond acceptors (Lipinski definition) is 3. The van der Waals surface area contributed by atoms with Gasteiger partial charge in [-0.25, -0.2) is 0 Å². The van der Waals surface area contributed by atoms with Crippen molar-refractivity contribution in [3.05, 3.63) is 29.3 Å². The van der Waals surface area contributed by atoms with Crippen molar-refractivity contribution in [3.8, 4) is 5.75 Å². The number of rotatable bonds is 3. The number of methoxy groups -OCH3 is 1. The molecule has 0 radical (unpaired) electrons. The second-order valence-corrected chi connectivity index (χ2v) is 4.23. The van der Waals surface area contributed by atoms with E-state index < -0.39 is 0 Å². The second kappa shape index (κ2) is 4.75. The van der Waals surface area contributed by atoms with Gasteiger partial charge in [-0.3, -0.25) is 4.79 Å². The molecule has 1 aromatic carbocycles. The van der Waals surface area contributed by atoms with Gasteiger partial charge in [0.1, 0.15) is 5.75 Å². The van der Waals surface area contributed by atoms with E-state index in [4.69, 9.17) is 10.5 Å². The quantitative estimate of drug-likeness (QED) is 0.855. The fourth-order valence-corrected chi connectivity index (χ4v) is 2.29. The monoisotopic (exact) mass is 234 g/mol. The lowest BCUT2D eigenvalue weighted by Gasteiger charge is -2.33. The Bertz CT molecular complexity index is 431. The number of fused-ring (bicyclic) bond motifs is 1. The Balaban J connectivity index is 2.46. The SMILES string of the molecule is CCN1CC(CN)c2cc(OC)ccc2C1=O. The standard InChI is InChI=1S/C13H18N2O2/c1-3-15-8-9(7-14)12-6-10(17-2)4-5-11(12)13(15)16/h4-6,9H,3,7-8,14H2,1-2H3. The van der Waals surface area contributed by atoms with E-state index in [1.807, 2.05) is 30.0 Å². The van der Waals surface area contributed by atoms with E-state index in [-0.39, 0.29) is 11.8 Å². The van der Waals surface area contributed by atoms with Gasteiger partial charge in [0.15, 0.2) is 0 Å². The summed E-state index contributed by atoms with van der Waals surface area (Å²) in [4.78, 5) is 14.0. The van der Waals surface area contributed by atoms with Gasteiger partial charge < -0.3 is 15.4 Å². The molecule has 0 aromatic heterocycles. The van der Waals surface area contributed by atoms with Crippen LogP contribution in [0.25, 0.3) is 0 Å². The number of nitrogens with zero attached hydrogens (tertiary/aromatic N) is 1. The van der Waals surface area contributed by atoms with Crippen molar-refractivity contribution in [1.82, 2.24) is 4.90 Å². The Hall–Kier alpha value is -1.55. The average molecular weight is 234 g/mol. The molecule has 92 valence electrons. The average Bonchev–Trinajstić information content (AvgIpc) is 2.39. The van der Waals surface area contributed by atoms with E-state index in [0.29, 0.717) is 13.1 Å². The zero-order valence-corrected chi connectivity index (χ0v) is 10.3. The van der Waals surface area contributed by atoms with Crippen molar-refractivity contribution in [2.75, 3.05) is 26.7 Å². The van der Waals surface area contributed by atoms with Crippen LogP contribution >= 0.6 is 0 Å². The Morgan fingerprint density at radius 1 is 1.53 bits per heavy atom. The van der Waals surface area contributed by atoms with Gasteiger partial charge in [-0.15, -0.1) is 0 Å². The Morgan fingerprint density at radius 3 is 2.88 bits per heavy atom. The van der Waals surface area contributed by atoms with Gasteiger partial charge in [0.2, 0.25) is 0 Å². The van der Waals surface area contributed by atoms with Crippen molar-refractivity contribution < 1.29 is 9.53 Å². The van der Waals surface area contributed by atoms with E-state index in [1.165, 1.54) is 0 Å². The minimum Gasteiger partial charge on any atom is -0.497 e. The van der Waals surface area contributed by atoms with E-state index in [1.54, 1.807) is 7.11 Å². The van der Waals surface area contributed by atoms with Gasteiger partial charge in [0, 0.05) is 31.1 Å². The van der Waals surface area contributed by atoms with Crippen LogP contribution in [0.4, 0.5) is 0 Å². The highest BCUT2D eigenvalue weighted by Crippen LogP contribution is 2.30. The van der Waals surface area contributed by atoms with Gasteiger partial charge in [-0.1, -0.05) is 0 Å². The van der Waals surface area contributed by atoms with Crippen molar-refractivity contribution in [2.24, 2.45) is 5.73 Å². The number of benzene rings is 1. The first-order valence-electron chi connectivity index (χ1n) is 5.88. The molecule has 0 saturated heterocycles. The molecule has 2 rings (SSSR count). The number of carbonyl (C=O) groups is 1. The number of likely N-dealkylation sites (N-methyl/N-ethyl adjacent to an activating group) is 1. The number of nitrogens with two attached hydrogens (primary N) is 1. The molecule has 1 aliphatic rings. The molecule has 0 fully saturated rings. The van der Waals surface area contributed by atoms with Gasteiger partial charge in [0.25, 0.3) is 5.91 Å². The van der Waals surface area contributed by atoms with Crippen LogP contribution in [-0.2, 0) is 0 Å². The summed E-state index contributed by atoms with van der Waals surface area (Å²) in [7, 11) is 1.63. The minimum atomic E-state index is 0.0925. The third kappa shape index (κ3) is 2.00. The van der Waals surface area contributed by atoms with Crippen LogP contribution in [0.2, 0.25) is 0 Å². The molecule has 2 N–H and O–H groups in total. The molecule has 1 heterocycles. The number of hydrogen-bond donors (Lipinski definition) is 1. The number of carbonyl (C=O) groups excluding carboxylic acids is 1. The van der Waals surface area contributed by atoms with E-state index >= 15 is 0 Å². The topological polar surface area (TPSA) is 55.6 Å².